The number of nitrogens with zero attached hydrogens (tertiary/aromatic N) is 2. The molecule has 0 aliphatic heterocycles. The monoisotopic (exact) mass is 428 g/mol. The van der Waals surface area contributed by atoms with Crippen molar-refractivity contribution in [1.29, 1.82) is 0 Å². The number of methoxy groups -OCH3 is 1. The first kappa shape index (κ1) is 20.0. The molecular weight excluding hydrogens is 408 g/mol. The number of thiophene rings is 1. The SMILES string of the molecule is COc1ccc([N+](=O)[O-])cc1CNC(=O)CCc1nc2sc3c(c2c(=O)[nH]1)CCC3. The molecule has 1 amide bonds. The van der Waals surface area contributed by atoms with E-state index in [0.717, 1.165) is 29.7 Å². The van der Waals surface area contributed by atoms with Gasteiger partial charge in [0, 0.05) is 42.0 Å². The molecule has 30 heavy (non-hydrogen) atoms. The molecule has 1 aliphatic rings. The van der Waals surface area contributed by atoms with Crippen LogP contribution < -0.4 is 15.6 Å². The number of rotatable bonds is 7. The van der Waals surface area contributed by atoms with Gasteiger partial charge >= 0.3 is 0 Å². The number of ether oxygens (including phenoxy) is 1. The number of aromatic amines is 1. The number of H-pyrrole nitrogens is 1. The van der Waals surface area contributed by atoms with Crippen molar-refractivity contribution in [2.45, 2.75) is 38.6 Å². The van der Waals surface area contributed by atoms with Crippen molar-refractivity contribution in [2.75, 3.05) is 7.11 Å². The molecular formula is C20H20N4O5S. The molecule has 0 radical (unpaired) electrons. The number of carbonyl (C=O) groups excluding carboxylic acids is 1. The summed E-state index contributed by atoms with van der Waals surface area (Å²) in [6.07, 6.45) is 3.42. The summed E-state index contributed by atoms with van der Waals surface area (Å²) in [6, 6.07) is 4.23. The molecule has 9 nitrogen and oxygen atoms in total. The lowest BCUT2D eigenvalue weighted by atomic mass is 10.1. The van der Waals surface area contributed by atoms with Crippen LogP contribution >= 0.6 is 11.3 Å². The summed E-state index contributed by atoms with van der Waals surface area (Å²) in [5.74, 6) is 0.693. The van der Waals surface area contributed by atoms with E-state index < -0.39 is 4.92 Å². The Morgan fingerprint density at radius 3 is 3.00 bits per heavy atom. The van der Waals surface area contributed by atoms with E-state index in [4.69, 9.17) is 4.74 Å². The number of hydrogen-bond acceptors (Lipinski definition) is 7. The van der Waals surface area contributed by atoms with Gasteiger partial charge in [0.05, 0.1) is 17.4 Å². The molecule has 0 atom stereocenters. The molecule has 0 spiro atoms. The van der Waals surface area contributed by atoms with E-state index in [0.29, 0.717) is 28.9 Å². The van der Waals surface area contributed by atoms with E-state index in [2.05, 4.69) is 15.3 Å². The largest absolute Gasteiger partial charge is 0.496 e. The first-order chi connectivity index (χ1) is 14.5. The number of carbonyl (C=O) groups is 1. The van der Waals surface area contributed by atoms with E-state index >= 15 is 0 Å². The smallest absolute Gasteiger partial charge is 0.270 e. The van der Waals surface area contributed by atoms with Crippen molar-refractivity contribution in [1.82, 2.24) is 15.3 Å². The highest BCUT2D eigenvalue weighted by atomic mass is 32.1. The number of nitrogens with one attached hydrogen (secondary N) is 2. The van der Waals surface area contributed by atoms with Crippen molar-refractivity contribution in [3.8, 4) is 5.75 Å². The Kier molecular flexibility index (Phi) is 5.49. The van der Waals surface area contributed by atoms with Crippen molar-refractivity contribution in [2.24, 2.45) is 0 Å². The predicted molar refractivity (Wildman–Crippen MR) is 112 cm³/mol. The summed E-state index contributed by atoms with van der Waals surface area (Å²) in [4.78, 5) is 44.5. The maximum Gasteiger partial charge on any atom is 0.270 e. The van der Waals surface area contributed by atoms with Crippen molar-refractivity contribution < 1.29 is 14.5 Å². The second kappa shape index (κ2) is 8.23. The first-order valence-electron chi connectivity index (χ1n) is 9.57. The van der Waals surface area contributed by atoms with Gasteiger partial charge in [-0.2, -0.15) is 0 Å². The quantitative estimate of drug-likeness (QED) is 0.440. The Bertz CT molecular complexity index is 1200. The predicted octanol–water partition coefficient (Wildman–Crippen LogP) is 2.64. The molecule has 4 rings (SSSR count). The second-order valence-corrected chi connectivity index (χ2v) is 8.16. The standard InChI is InChI=1S/C20H20N4O5S/c1-29-14-6-5-12(24(27)28)9-11(14)10-21-17(25)8-7-16-22-19(26)18-13-3-2-4-15(13)30-20(18)23-16/h5-6,9H,2-4,7-8,10H2,1H3,(H,21,25)(H,22,23,26). The molecule has 1 aromatic carbocycles. The summed E-state index contributed by atoms with van der Waals surface area (Å²) in [6.45, 7) is 0.102. The third-order valence-electron chi connectivity index (χ3n) is 5.16. The van der Waals surface area contributed by atoms with Gasteiger partial charge in [-0.05, 0) is 30.9 Å². The van der Waals surface area contributed by atoms with Crippen LogP contribution in [0.25, 0.3) is 10.2 Å². The fourth-order valence-electron chi connectivity index (χ4n) is 3.70. The highest BCUT2D eigenvalue weighted by Gasteiger charge is 2.21. The Balaban J connectivity index is 1.40. The van der Waals surface area contributed by atoms with E-state index in [1.54, 1.807) is 11.3 Å². The summed E-state index contributed by atoms with van der Waals surface area (Å²) in [5, 5.41) is 14.4. The zero-order valence-corrected chi connectivity index (χ0v) is 17.1. The average molecular weight is 428 g/mol. The Labute approximate surface area is 175 Å². The van der Waals surface area contributed by atoms with Crippen LogP contribution in [-0.2, 0) is 30.6 Å². The Morgan fingerprint density at radius 1 is 1.40 bits per heavy atom. The molecule has 2 heterocycles. The van der Waals surface area contributed by atoms with Crippen molar-refractivity contribution >= 4 is 33.1 Å². The Hall–Kier alpha value is -3.27. The first-order valence-corrected chi connectivity index (χ1v) is 10.4. The fraction of sp³-hybridized carbons (Fsp3) is 0.350. The maximum absolute atomic E-state index is 12.5. The number of nitro benzene ring substituents is 1. The minimum atomic E-state index is -0.497. The molecule has 0 saturated carbocycles. The zero-order valence-electron chi connectivity index (χ0n) is 16.3. The summed E-state index contributed by atoms with van der Waals surface area (Å²) < 4.78 is 5.20. The number of amides is 1. The third-order valence-corrected chi connectivity index (χ3v) is 6.35. The van der Waals surface area contributed by atoms with Crippen LogP contribution in [0.1, 0.15) is 34.7 Å². The van der Waals surface area contributed by atoms with Crippen LogP contribution in [0.4, 0.5) is 5.69 Å². The minimum absolute atomic E-state index is 0.0713. The highest BCUT2D eigenvalue weighted by molar-refractivity contribution is 7.18. The number of aromatic nitrogens is 2. The molecule has 0 saturated heterocycles. The summed E-state index contributed by atoms with van der Waals surface area (Å²) >= 11 is 1.56. The summed E-state index contributed by atoms with van der Waals surface area (Å²) in [5.41, 5.74) is 1.43. The van der Waals surface area contributed by atoms with Gasteiger partial charge in [-0.15, -0.1) is 11.3 Å². The average Bonchev–Trinajstić information content (AvgIpc) is 3.31. The number of non-ortho nitro benzene ring substituents is 1. The van der Waals surface area contributed by atoms with Gasteiger partial charge in [0.1, 0.15) is 16.4 Å². The molecule has 1 aliphatic carbocycles. The normalized spacial score (nSPS) is 12.7. The van der Waals surface area contributed by atoms with Gasteiger partial charge in [-0.1, -0.05) is 0 Å². The van der Waals surface area contributed by atoms with Gasteiger partial charge < -0.3 is 15.0 Å². The lowest BCUT2D eigenvalue weighted by Gasteiger charge is -2.09. The Morgan fingerprint density at radius 2 is 2.23 bits per heavy atom. The van der Waals surface area contributed by atoms with Crippen molar-refractivity contribution in [3.05, 3.63) is 60.5 Å². The highest BCUT2D eigenvalue weighted by Crippen LogP contribution is 2.34. The number of hydrogen-bond donors (Lipinski definition) is 2. The van der Waals surface area contributed by atoms with Crippen LogP contribution in [0, 0.1) is 10.1 Å². The lowest BCUT2D eigenvalue weighted by Crippen LogP contribution is -2.24. The van der Waals surface area contributed by atoms with E-state index in [1.165, 1.54) is 30.2 Å². The van der Waals surface area contributed by atoms with Crippen LogP contribution in [0.15, 0.2) is 23.0 Å². The van der Waals surface area contributed by atoms with Crippen LogP contribution in [0.5, 0.6) is 5.75 Å². The molecule has 0 unspecified atom stereocenters. The van der Waals surface area contributed by atoms with Crippen LogP contribution in [0.3, 0.4) is 0 Å². The maximum atomic E-state index is 12.5. The number of aryl methyl sites for hydroxylation is 3. The van der Waals surface area contributed by atoms with Crippen molar-refractivity contribution in [3.63, 3.8) is 0 Å². The molecule has 3 aromatic rings. The molecule has 156 valence electrons. The molecule has 0 fully saturated rings. The van der Waals surface area contributed by atoms with Crippen LogP contribution in [0.2, 0.25) is 0 Å². The number of nitro groups is 1. The lowest BCUT2D eigenvalue weighted by molar-refractivity contribution is -0.384. The van der Waals surface area contributed by atoms with Gasteiger partial charge in [-0.3, -0.25) is 19.7 Å². The van der Waals surface area contributed by atoms with Gasteiger partial charge in [-0.25, -0.2) is 4.98 Å². The minimum Gasteiger partial charge on any atom is -0.496 e. The molecule has 10 heteroatoms. The number of benzene rings is 1. The topological polar surface area (TPSA) is 127 Å². The van der Waals surface area contributed by atoms with Gasteiger partial charge in [0.25, 0.3) is 11.2 Å². The third kappa shape index (κ3) is 3.90. The van der Waals surface area contributed by atoms with Gasteiger partial charge in [0.15, 0.2) is 0 Å². The second-order valence-electron chi connectivity index (χ2n) is 7.08. The zero-order chi connectivity index (χ0) is 21.3. The van der Waals surface area contributed by atoms with Gasteiger partial charge in [0.2, 0.25) is 5.91 Å². The van der Waals surface area contributed by atoms with E-state index in [9.17, 15) is 19.7 Å². The molecule has 2 N–H and O–H groups in total. The summed E-state index contributed by atoms with van der Waals surface area (Å²) in [7, 11) is 1.46. The van der Waals surface area contributed by atoms with E-state index in [-0.39, 0.29) is 30.1 Å². The number of fused-ring (bicyclic) bond motifs is 3. The van der Waals surface area contributed by atoms with E-state index in [1.807, 2.05) is 0 Å². The fourth-order valence-corrected chi connectivity index (χ4v) is 4.98. The van der Waals surface area contributed by atoms with Crippen LogP contribution in [-0.4, -0.2) is 27.9 Å². The molecule has 2 aromatic heterocycles. The molecule has 0 bridgehead atoms.